The molecule has 0 radical (unpaired) electrons. The second-order valence-electron chi connectivity index (χ2n) is 8.58. The van der Waals surface area contributed by atoms with E-state index >= 15 is 0 Å². The number of aromatic nitrogens is 5. The number of nitrogens with one attached hydrogen (secondary N) is 1. The number of likely N-dealkylation sites (N-methyl/N-ethyl adjacent to an activating group) is 1. The summed E-state index contributed by atoms with van der Waals surface area (Å²) in [6.07, 6.45) is 5.42. The van der Waals surface area contributed by atoms with Crippen LogP contribution in [-0.2, 0) is 4.79 Å². The molecule has 1 aromatic carbocycles. The van der Waals surface area contributed by atoms with Crippen molar-refractivity contribution in [3.05, 3.63) is 48.4 Å². The van der Waals surface area contributed by atoms with Crippen LogP contribution in [0, 0.1) is 0 Å². The Bertz CT molecular complexity index is 1410. The van der Waals surface area contributed by atoms with Crippen molar-refractivity contribution >= 4 is 45.8 Å². The predicted octanol–water partition coefficient (Wildman–Crippen LogP) is 1.69. The molecule has 1 atom stereocenters. The smallest absolute Gasteiger partial charge is 0.302 e. The van der Waals surface area contributed by atoms with Crippen LogP contribution in [-0.4, -0.2) is 80.1 Å². The van der Waals surface area contributed by atoms with Crippen LogP contribution in [0.5, 0.6) is 0 Å². The minimum absolute atomic E-state index is 0.0523. The lowest BCUT2D eigenvalue weighted by Gasteiger charge is -2.15. The van der Waals surface area contributed by atoms with Gasteiger partial charge in [-0.05, 0) is 32.6 Å². The zero-order valence-corrected chi connectivity index (χ0v) is 19.4. The van der Waals surface area contributed by atoms with Crippen LogP contribution >= 0.6 is 0 Å². The molecular weight excluding hydrogens is 450 g/mol. The van der Waals surface area contributed by atoms with E-state index in [1.54, 1.807) is 27.8 Å². The van der Waals surface area contributed by atoms with Crippen molar-refractivity contribution in [1.82, 2.24) is 34.5 Å². The number of nitrogens with zero attached hydrogens (tertiary/aromatic N) is 7. The number of oxazole rings is 1. The van der Waals surface area contributed by atoms with E-state index in [0.29, 0.717) is 48.2 Å². The van der Waals surface area contributed by atoms with Gasteiger partial charge in [0.15, 0.2) is 16.9 Å². The monoisotopic (exact) mass is 475 g/mol. The fourth-order valence-electron chi connectivity index (χ4n) is 4.10. The molecule has 4 aromatic rings. The summed E-state index contributed by atoms with van der Waals surface area (Å²) in [5.74, 6) is -0.463. The fraction of sp³-hybridized carbons (Fsp3) is 0.304. The lowest BCUT2D eigenvalue weighted by molar-refractivity contribution is -0.125. The number of rotatable bonds is 6. The molecular formula is C23H25N9O3. The number of anilines is 2. The molecule has 1 fully saturated rings. The molecule has 35 heavy (non-hydrogen) atoms. The predicted molar refractivity (Wildman–Crippen MR) is 130 cm³/mol. The van der Waals surface area contributed by atoms with Crippen LogP contribution in [0.15, 0.2) is 47.2 Å². The third kappa shape index (κ3) is 4.43. The molecule has 3 aromatic heterocycles. The van der Waals surface area contributed by atoms with Gasteiger partial charge in [-0.25, -0.2) is 14.6 Å². The highest BCUT2D eigenvalue weighted by Crippen LogP contribution is 2.29. The van der Waals surface area contributed by atoms with E-state index < -0.39 is 5.91 Å². The first kappa shape index (κ1) is 22.5. The summed E-state index contributed by atoms with van der Waals surface area (Å²) in [5.41, 5.74) is 7.79. The van der Waals surface area contributed by atoms with Gasteiger partial charge >= 0.3 is 6.01 Å². The first-order chi connectivity index (χ1) is 16.9. The molecule has 180 valence electrons. The maximum absolute atomic E-state index is 13.2. The van der Waals surface area contributed by atoms with Crippen LogP contribution in [0.1, 0.15) is 23.0 Å². The number of nitrogens with two attached hydrogens (primary N) is 1. The second-order valence-corrected chi connectivity index (χ2v) is 8.58. The molecule has 1 unspecified atom stereocenters. The minimum atomic E-state index is -0.542. The summed E-state index contributed by atoms with van der Waals surface area (Å²) in [5, 5.41) is 7.54. The molecule has 4 heterocycles. The van der Waals surface area contributed by atoms with Crippen LogP contribution in [0.4, 0.5) is 11.8 Å². The number of likely N-dealkylation sites (tertiary alicyclic amines) is 1. The minimum Gasteiger partial charge on any atom is -0.423 e. The highest BCUT2D eigenvalue weighted by Gasteiger charge is 2.31. The number of nitrogen functional groups attached to an aromatic ring is 1. The van der Waals surface area contributed by atoms with E-state index in [1.165, 1.54) is 6.33 Å². The van der Waals surface area contributed by atoms with Crippen molar-refractivity contribution in [2.75, 3.05) is 44.8 Å². The SMILES string of the molecule is CN(C)C/C=C/C(=O)N1CCC(n2nc(C(=O)Nc3nc4ccccc4o3)c3c(N)ncnc32)C1. The summed E-state index contributed by atoms with van der Waals surface area (Å²) < 4.78 is 7.26. The largest absolute Gasteiger partial charge is 0.423 e. The van der Waals surface area contributed by atoms with Crippen LogP contribution < -0.4 is 11.1 Å². The van der Waals surface area contributed by atoms with E-state index in [-0.39, 0.29) is 29.5 Å². The van der Waals surface area contributed by atoms with Gasteiger partial charge in [0, 0.05) is 25.7 Å². The van der Waals surface area contributed by atoms with Gasteiger partial charge in [0.2, 0.25) is 5.91 Å². The van der Waals surface area contributed by atoms with Gasteiger partial charge in [0.25, 0.3) is 5.91 Å². The molecule has 12 nitrogen and oxygen atoms in total. The lowest BCUT2D eigenvalue weighted by atomic mass is 10.2. The number of benzene rings is 1. The molecule has 0 aliphatic carbocycles. The Labute approximate surface area is 200 Å². The Morgan fingerprint density at radius 3 is 2.91 bits per heavy atom. The van der Waals surface area contributed by atoms with Crippen molar-refractivity contribution in [2.45, 2.75) is 12.5 Å². The number of para-hydroxylation sites is 2. The van der Waals surface area contributed by atoms with Gasteiger partial charge in [-0.1, -0.05) is 18.2 Å². The maximum atomic E-state index is 13.2. The summed E-state index contributed by atoms with van der Waals surface area (Å²) >= 11 is 0. The second kappa shape index (κ2) is 9.14. The number of fused-ring (bicyclic) bond motifs is 2. The molecule has 0 saturated carbocycles. The first-order valence-electron chi connectivity index (χ1n) is 11.2. The van der Waals surface area contributed by atoms with E-state index in [2.05, 4.69) is 25.4 Å². The summed E-state index contributed by atoms with van der Waals surface area (Å²) in [4.78, 5) is 42.1. The van der Waals surface area contributed by atoms with Crippen molar-refractivity contribution < 1.29 is 14.0 Å². The average Bonchev–Trinajstić information content (AvgIpc) is 3.55. The number of carbonyl (C=O) groups excluding carboxylic acids is 2. The molecule has 0 spiro atoms. The molecule has 1 aliphatic heterocycles. The van der Waals surface area contributed by atoms with E-state index in [9.17, 15) is 9.59 Å². The Morgan fingerprint density at radius 1 is 1.29 bits per heavy atom. The molecule has 3 N–H and O–H groups in total. The Kier molecular flexibility index (Phi) is 5.87. The summed E-state index contributed by atoms with van der Waals surface area (Å²) in [6, 6.07) is 7.09. The molecule has 0 bridgehead atoms. The molecule has 5 rings (SSSR count). The Hall–Kier alpha value is -4.32. The standard InChI is InChI=1S/C23H25N9O3/c1-30(2)10-5-8-17(33)31-11-9-14(12-31)32-21-18(20(24)25-13-26-21)19(29-32)22(34)28-23-27-15-6-3-4-7-16(15)35-23/h3-8,13-14H,9-12H2,1-2H3,(H2,24,25,26)(H,27,28,34)/b8-5+. The third-order valence-corrected chi connectivity index (χ3v) is 5.80. The van der Waals surface area contributed by atoms with Gasteiger partial charge in [0.1, 0.15) is 17.7 Å². The Morgan fingerprint density at radius 2 is 2.11 bits per heavy atom. The summed E-state index contributed by atoms with van der Waals surface area (Å²) in [7, 11) is 3.88. The first-order valence-corrected chi connectivity index (χ1v) is 11.2. The van der Waals surface area contributed by atoms with Gasteiger partial charge in [-0.3, -0.25) is 14.9 Å². The zero-order valence-electron chi connectivity index (χ0n) is 19.4. The fourth-order valence-corrected chi connectivity index (χ4v) is 4.10. The summed E-state index contributed by atoms with van der Waals surface area (Å²) in [6.45, 7) is 1.70. The van der Waals surface area contributed by atoms with Gasteiger partial charge in [0.05, 0.1) is 11.4 Å². The van der Waals surface area contributed by atoms with Crippen molar-refractivity contribution in [3.8, 4) is 0 Å². The topological polar surface area (TPSA) is 148 Å². The zero-order chi connectivity index (χ0) is 24.5. The Balaban J connectivity index is 1.40. The number of hydrogen-bond donors (Lipinski definition) is 2. The number of carbonyl (C=O) groups is 2. The number of amides is 2. The normalized spacial score (nSPS) is 16.2. The van der Waals surface area contributed by atoms with Crippen LogP contribution in [0.2, 0.25) is 0 Å². The highest BCUT2D eigenvalue weighted by molar-refractivity contribution is 6.12. The van der Waals surface area contributed by atoms with Crippen molar-refractivity contribution in [1.29, 1.82) is 0 Å². The average molecular weight is 476 g/mol. The van der Waals surface area contributed by atoms with Crippen LogP contribution in [0.25, 0.3) is 22.1 Å². The highest BCUT2D eigenvalue weighted by atomic mass is 16.4. The van der Waals surface area contributed by atoms with Crippen molar-refractivity contribution in [2.24, 2.45) is 0 Å². The molecule has 1 saturated heterocycles. The quantitative estimate of drug-likeness (QED) is 0.397. The van der Waals surface area contributed by atoms with E-state index in [0.717, 1.165) is 0 Å². The molecule has 1 aliphatic rings. The molecule has 12 heteroatoms. The van der Waals surface area contributed by atoms with E-state index in [4.69, 9.17) is 10.2 Å². The number of hydrogen-bond acceptors (Lipinski definition) is 9. The van der Waals surface area contributed by atoms with E-state index in [1.807, 2.05) is 37.2 Å². The third-order valence-electron chi connectivity index (χ3n) is 5.80. The van der Waals surface area contributed by atoms with Gasteiger partial charge in [-0.2, -0.15) is 10.1 Å². The molecule has 2 amide bonds. The lowest BCUT2D eigenvalue weighted by Crippen LogP contribution is -2.28. The maximum Gasteiger partial charge on any atom is 0.302 e. The van der Waals surface area contributed by atoms with Gasteiger partial charge < -0.3 is 20.0 Å². The van der Waals surface area contributed by atoms with Crippen molar-refractivity contribution in [3.63, 3.8) is 0 Å². The van der Waals surface area contributed by atoms with Gasteiger partial charge in [-0.15, -0.1) is 0 Å². The van der Waals surface area contributed by atoms with Crippen LogP contribution in [0.3, 0.4) is 0 Å².